The molecule has 0 spiro atoms. The summed E-state index contributed by atoms with van der Waals surface area (Å²) in [5, 5.41) is 11.8. The second kappa shape index (κ2) is 6.88. The molecular weight excluding hydrogens is 311 g/mol. The molecule has 1 aromatic rings. The van der Waals surface area contributed by atoms with Gasteiger partial charge in [-0.2, -0.15) is 0 Å². The molecule has 0 bridgehead atoms. The third kappa shape index (κ3) is 2.95. The topological polar surface area (TPSA) is 53.3 Å². The van der Waals surface area contributed by atoms with Crippen LogP contribution in [0.3, 0.4) is 0 Å². The summed E-state index contributed by atoms with van der Waals surface area (Å²) in [5.74, 6) is -1.33. The van der Waals surface area contributed by atoms with E-state index in [1.807, 2.05) is 30.3 Å². The van der Waals surface area contributed by atoms with Gasteiger partial charge in [0.1, 0.15) is 5.76 Å². The van der Waals surface area contributed by atoms with E-state index in [2.05, 4.69) is 0 Å². The van der Waals surface area contributed by atoms with Gasteiger partial charge < -0.3 is 14.3 Å². The SMILES string of the molecule is CC(C(=O)[O-])c1cc(-c2ccccc2Cl)c2cccoc1-2.[Na+]. The number of carboxylic acid groups (broad SMARTS) is 1. The number of carbonyl (C=O) groups excluding carboxylic acids is 1. The Hall–Kier alpha value is -1.26. The van der Waals surface area contributed by atoms with Gasteiger partial charge in [0.25, 0.3) is 0 Å². The fourth-order valence-corrected chi connectivity index (χ4v) is 2.71. The molecule has 1 heterocycles. The largest absolute Gasteiger partial charge is 1.00 e. The van der Waals surface area contributed by atoms with Crippen LogP contribution in [0.1, 0.15) is 18.4 Å². The Morgan fingerprint density at radius 3 is 2.50 bits per heavy atom. The molecule has 1 atom stereocenters. The van der Waals surface area contributed by atoms with E-state index in [0.717, 1.165) is 16.7 Å². The number of fused-ring (bicyclic) bond motifs is 1. The molecule has 5 heteroatoms. The molecule has 1 unspecified atom stereocenters. The first-order valence-corrected chi connectivity index (χ1v) is 6.93. The Bertz CT molecular complexity index is 781. The van der Waals surface area contributed by atoms with E-state index in [9.17, 15) is 9.90 Å². The van der Waals surface area contributed by atoms with E-state index in [0.29, 0.717) is 16.3 Å². The van der Waals surface area contributed by atoms with E-state index < -0.39 is 11.9 Å². The number of hydrogen-bond acceptors (Lipinski definition) is 3. The zero-order valence-electron chi connectivity index (χ0n) is 12.3. The zero-order valence-corrected chi connectivity index (χ0v) is 15.1. The van der Waals surface area contributed by atoms with Crippen molar-refractivity contribution < 1.29 is 43.9 Å². The van der Waals surface area contributed by atoms with Crippen LogP contribution < -0.4 is 34.7 Å². The fourth-order valence-electron chi connectivity index (χ4n) is 2.47. The van der Waals surface area contributed by atoms with E-state index >= 15 is 0 Å². The quantitative estimate of drug-likeness (QED) is 0.662. The van der Waals surface area contributed by atoms with E-state index in [1.54, 1.807) is 19.1 Å². The van der Waals surface area contributed by atoms with E-state index in [1.165, 1.54) is 6.26 Å². The van der Waals surface area contributed by atoms with Gasteiger partial charge >= 0.3 is 29.6 Å². The normalized spacial score (nSPS) is 11.9. The summed E-state index contributed by atoms with van der Waals surface area (Å²) in [7, 11) is 0. The van der Waals surface area contributed by atoms with Crippen molar-refractivity contribution in [3.63, 3.8) is 0 Å². The maximum absolute atomic E-state index is 11.2. The summed E-state index contributed by atoms with van der Waals surface area (Å²) in [6, 6.07) is 12.9. The molecule has 0 saturated heterocycles. The minimum atomic E-state index is -1.13. The molecule has 1 aliphatic carbocycles. The fraction of sp³-hybridized carbons (Fsp3) is 0.118. The molecule has 3 nitrogen and oxygen atoms in total. The van der Waals surface area contributed by atoms with Crippen LogP contribution in [-0.4, -0.2) is 5.97 Å². The second-order valence-electron chi connectivity index (χ2n) is 4.89. The molecule has 22 heavy (non-hydrogen) atoms. The van der Waals surface area contributed by atoms with Gasteiger partial charge in [-0.3, -0.25) is 0 Å². The summed E-state index contributed by atoms with van der Waals surface area (Å²) in [4.78, 5) is 11.2. The summed E-state index contributed by atoms with van der Waals surface area (Å²) in [6.45, 7) is 1.59. The zero-order chi connectivity index (χ0) is 15.0. The first kappa shape index (κ1) is 17.1. The van der Waals surface area contributed by atoms with Crippen LogP contribution in [0.15, 0.2) is 53.1 Å². The molecule has 0 N–H and O–H groups in total. The minimum absolute atomic E-state index is 0. The molecule has 0 aromatic heterocycles. The molecule has 2 aliphatic rings. The van der Waals surface area contributed by atoms with Gasteiger partial charge in [-0.15, -0.1) is 0 Å². The molecule has 0 saturated carbocycles. The van der Waals surface area contributed by atoms with Gasteiger partial charge in [0.15, 0.2) is 0 Å². The van der Waals surface area contributed by atoms with Crippen LogP contribution in [0.2, 0.25) is 5.02 Å². The van der Waals surface area contributed by atoms with Crippen LogP contribution in [-0.2, 0) is 4.79 Å². The van der Waals surface area contributed by atoms with Gasteiger partial charge in [0.2, 0.25) is 0 Å². The maximum atomic E-state index is 11.2. The number of carboxylic acids is 1. The Morgan fingerprint density at radius 1 is 1.14 bits per heavy atom. The van der Waals surface area contributed by atoms with E-state index in [-0.39, 0.29) is 29.6 Å². The second-order valence-corrected chi connectivity index (χ2v) is 5.30. The molecule has 0 radical (unpaired) electrons. The van der Waals surface area contributed by atoms with Crippen LogP contribution >= 0.6 is 11.6 Å². The van der Waals surface area contributed by atoms with Gasteiger partial charge in [0.05, 0.1) is 6.26 Å². The van der Waals surface area contributed by atoms with Crippen molar-refractivity contribution in [1.29, 1.82) is 0 Å². The third-order valence-corrected chi connectivity index (χ3v) is 3.94. The first-order chi connectivity index (χ1) is 10.1. The summed E-state index contributed by atoms with van der Waals surface area (Å²) in [6.07, 6.45) is 1.53. The van der Waals surface area contributed by atoms with Crippen LogP contribution in [0, 0.1) is 0 Å². The van der Waals surface area contributed by atoms with Gasteiger partial charge in [-0.1, -0.05) is 36.7 Å². The molecule has 1 aromatic carbocycles. The predicted molar refractivity (Wildman–Crippen MR) is 79.2 cm³/mol. The molecule has 0 amide bonds. The van der Waals surface area contributed by atoms with Crippen molar-refractivity contribution in [3.8, 4) is 22.5 Å². The molecular formula is C17H12ClNaO3. The Balaban J connectivity index is 0.00000176. The van der Waals surface area contributed by atoms with Crippen LogP contribution in [0.5, 0.6) is 0 Å². The summed E-state index contributed by atoms with van der Waals surface area (Å²) >= 11 is 6.25. The third-order valence-electron chi connectivity index (χ3n) is 3.61. The van der Waals surface area contributed by atoms with E-state index in [4.69, 9.17) is 16.0 Å². The Labute approximate surface area is 155 Å². The Kier molecular flexibility index (Phi) is 5.35. The first-order valence-electron chi connectivity index (χ1n) is 6.55. The van der Waals surface area contributed by atoms with Gasteiger partial charge in [-0.25, -0.2) is 0 Å². The van der Waals surface area contributed by atoms with Crippen molar-refractivity contribution in [2.45, 2.75) is 12.8 Å². The smallest absolute Gasteiger partial charge is 0.550 e. The van der Waals surface area contributed by atoms with Crippen molar-refractivity contribution >= 4 is 17.6 Å². The number of benzene rings is 1. The maximum Gasteiger partial charge on any atom is 1.00 e. The van der Waals surface area contributed by atoms with Gasteiger partial charge in [0, 0.05) is 33.6 Å². The number of rotatable bonds is 3. The number of carbonyl (C=O) groups is 1. The van der Waals surface area contributed by atoms with Crippen LogP contribution in [0.4, 0.5) is 0 Å². The molecule has 1 aliphatic heterocycles. The molecule has 106 valence electrons. The van der Waals surface area contributed by atoms with Crippen molar-refractivity contribution in [2.75, 3.05) is 0 Å². The summed E-state index contributed by atoms with van der Waals surface area (Å²) < 4.78 is 5.52. The van der Waals surface area contributed by atoms with Crippen molar-refractivity contribution in [3.05, 3.63) is 59.3 Å². The minimum Gasteiger partial charge on any atom is -0.550 e. The monoisotopic (exact) mass is 322 g/mol. The van der Waals surface area contributed by atoms with Crippen LogP contribution in [0.25, 0.3) is 22.5 Å². The van der Waals surface area contributed by atoms with Gasteiger partial charge in [-0.05, 0) is 29.8 Å². The number of aliphatic carboxylic acids is 1. The van der Waals surface area contributed by atoms with Crippen molar-refractivity contribution in [2.24, 2.45) is 0 Å². The van der Waals surface area contributed by atoms with Crippen molar-refractivity contribution in [1.82, 2.24) is 0 Å². The average molecular weight is 323 g/mol. The average Bonchev–Trinajstić information content (AvgIpc) is 2.86. The summed E-state index contributed by atoms with van der Waals surface area (Å²) in [5.41, 5.74) is 3.15. The molecule has 0 fully saturated rings. The Morgan fingerprint density at radius 2 is 1.82 bits per heavy atom. The number of hydrogen-bond donors (Lipinski definition) is 0. The predicted octanol–water partition coefficient (Wildman–Crippen LogP) is 0.562. The molecule has 3 rings (SSSR count). The number of halogens is 1. The standard InChI is InChI=1S/C17H13ClO3.Na/c1-10(17(19)20)13-9-14(11-5-2-3-7-15(11)18)12-6-4-8-21-16(12)13;/h2-10H,1H3,(H,19,20);/q;+1/p-1.